The maximum absolute atomic E-state index is 12.0. The van der Waals surface area contributed by atoms with Gasteiger partial charge in [0, 0.05) is 26.8 Å². The average molecular weight is 294 g/mol. The van der Waals surface area contributed by atoms with Gasteiger partial charge in [-0.25, -0.2) is 12.7 Å². The van der Waals surface area contributed by atoms with Crippen molar-refractivity contribution < 1.29 is 23.1 Å². The van der Waals surface area contributed by atoms with E-state index in [2.05, 4.69) is 0 Å². The maximum atomic E-state index is 12.0. The number of nitrogens with two attached hydrogens (primary N) is 1. The maximum Gasteiger partial charge on any atom is 0.320 e. The molecule has 0 aromatic rings. The number of carbonyl (C=O) groups is 1. The third-order valence-electron chi connectivity index (χ3n) is 3.34. The second kappa shape index (κ2) is 7.18. The molecule has 0 saturated carbocycles. The first kappa shape index (κ1) is 16.4. The van der Waals surface area contributed by atoms with E-state index >= 15 is 0 Å². The summed E-state index contributed by atoms with van der Waals surface area (Å²) in [4.78, 5) is 10.6. The van der Waals surface area contributed by atoms with E-state index in [9.17, 15) is 13.2 Å². The fraction of sp³-hybridized carbons (Fsp3) is 0.909. The summed E-state index contributed by atoms with van der Waals surface area (Å²) in [6.45, 7) is 1.79. The lowest BCUT2D eigenvalue weighted by atomic mass is 10.0. The summed E-state index contributed by atoms with van der Waals surface area (Å²) < 4.78 is 30.5. The first-order valence-corrected chi connectivity index (χ1v) is 7.94. The molecule has 7 nitrogen and oxygen atoms in total. The molecule has 1 fully saturated rings. The fourth-order valence-electron chi connectivity index (χ4n) is 1.96. The molecule has 1 heterocycles. The summed E-state index contributed by atoms with van der Waals surface area (Å²) in [6.07, 6.45) is 1.64. The van der Waals surface area contributed by atoms with Crippen LogP contribution in [0.25, 0.3) is 0 Å². The van der Waals surface area contributed by atoms with Crippen molar-refractivity contribution in [1.29, 1.82) is 0 Å². The smallest absolute Gasteiger partial charge is 0.320 e. The van der Waals surface area contributed by atoms with E-state index in [1.807, 2.05) is 0 Å². The van der Waals surface area contributed by atoms with Gasteiger partial charge in [0.1, 0.15) is 6.04 Å². The second-order valence-corrected chi connectivity index (χ2v) is 7.08. The summed E-state index contributed by atoms with van der Waals surface area (Å²) in [5, 5.41) is 8.63. The first-order chi connectivity index (χ1) is 8.83. The van der Waals surface area contributed by atoms with Gasteiger partial charge in [0.25, 0.3) is 0 Å². The lowest BCUT2D eigenvalue weighted by Crippen LogP contribution is -2.38. The molecule has 0 aromatic carbocycles. The minimum atomic E-state index is -3.44. The summed E-state index contributed by atoms with van der Waals surface area (Å²) in [5.74, 6) is -1.11. The molecule has 0 amide bonds. The molecule has 0 spiro atoms. The average Bonchev–Trinajstić information content (AvgIpc) is 2.37. The molecule has 3 N–H and O–H groups in total. The molecule has 19 heavy (non-hydrogen) atoms. The highest BCUT2D eigenvalue weighted by Crippen LogP contribution is 2.17. The number of carboxylic acid groups (broad SMARTS) is 1. The van der Waals surface area contributed by atoms with Crippen LogP contribution in [0.5, 0.6) is 0 Å². The zero-order valence-electron chi connectivity index (χ0n) is 11.1. The van der Waals surface area contributed by atoms with Crippen LogP contribution in [-0.4, -0.2) is 62.4 Å². The molecule has 8 heteroatoms. The van der Waals surface area contributed by atoms with Crippen LogP contribution in [0.2, 0.25) is 0 Å². The molecule has 1 aliphatic heterocycles. The summed E-state index contributed by atoms with van der Waals surface area (Å²) in [7, 11) is -1.91. The fourth-order valence-corrected chi connectivity index (χ4v) is 3.26. The molecular weight excluding hydrogens is 272 g/mol. The molecule has 1 unspecified atom stereocenters. The van der Waals surface area contributed by atoms with E-state index in [-0.39, 0.29) is 12.2 Å². The molecule has 0 bridgehead atoms. The SMILES string of the molecule is CN(CC1CCOCC1)S(=O)(=O)CCC(N)C(=O)O. The first-order valence-electron chi connectivity index (χ1n) is 6.33. The molecule has 1 rings (SSSR count). The van der Waals surface area contributed by atoms with E-state index in [1.54, 1.807) is 0 Å². The Bertz CT molecular complexity index is 392. The minimum absolute atomic E-state index is 0.0736. The van der Waals surface area contributed by atoms with E-state index in [0.717, 1.165) is 12.8 Å². The number of nitrogens with zero attached hydrogens (tertiary/aromatic N) is 1. The summed E-state index contributed by atoms with van der Waals surface area (Å²) in [5.41, 5.74) is 5.31. The van der Waals surface area contributed by atoms with Gasteiger partial charge in [-0.3, -0.25) is 4.79 Å². The van der Waals surface area contributed by atoms with Crippen LogP contribution in [0.4, 0.5) is 0 Å². The normalized spacial score (nSPS) is 19.5. The van der Waals surface area contributed by atoms with Gasteiger partial charge in [0.05, 0.1) is 5.75 Å². The van der Waals surface area contributed by atoms with Gasteiger partial charge in [-0.2, -0.15) is 0 Å². The van der Waals surface area contributed by atoms with E-state index in [1.165, 1.54) is 11.4 Å². The zero-order valence-corrected chi connectivity index (χ0v) is 11.9. The predicted molar refractivity (Wildman–Crippen MR) is 70.2 cm³/mol. The van der Waals surface area contributed by atoms with Crippen LogP contribution < -0.4 is 5.73 Å². The van der Waals surface area contributed by atoms with E-state index in [0.29, 0.717) is 25.7 Å². The Hall–Kier alpha value is -0.700. The topological polar surface area (TPSA) is 110 Å². The van der Waals surface area contributed by atoms with E-state index in [4.69, 9.17) is 15.6 Å². The number of rotatable bonds is 7. The number of hydrogen-bond acceptors (Lipinski definition) is 5. The van der Waals surface area contributed by atoms with Crippen LogP contribution in [0.3, 0.4) is 0 Å². The molecule has 1 aliphatic rings. The highest BCUT2D eigenvalue weighted by atomic mass is 32.2. The Balaban J connectivity index is 2.44. The summed E-state index contributed by atoms with van der Waals surface area (Å²) in [6, 6.07) is -1.13. The lowest BCUT2D eigenvalue weighted by Gasteiger charge is -2.26. The van der Waals surface area contributed by atoms with Crippen molar-refractivity contribution in [1.82, 2.24) is 4.31 Å². The molecule has 1 atom stereocenters. The number of carboxylic acids is 1. The van der Waals surface area contributed by atoms with Crippen molar-refractivity contribution in [2.24, 2.45) is 11.7 Å². The van der Waals surface area contributed by atoms with Gasteiger partial charge < -0.3 is 15.6 Å². The second-order valence-electron chi connectivity index (χ2n) is 4.89. The highest BCUT2D eigenvalue weighted by Gasteiger charge is 2.24. The van der Waals surface area contributed by atoms with E-state index < -0.39 is 22.0 Å². The Morgan fingerprint density at radius 3 is 2.58 bits per heavy atom. The van der Waals surface area contributed by atoms with Crippen LogP contribution >= 0.6 is 0 Å². The standard InChI is InChI=1S/C11H22N2O5S/c1-13(8-9-2-5-18-6-3-9)19(16,17)7-4-10(12)11(14)15/h9-10H,2-8,12H2,1H3,(H,14,15). The van der Waals surface area contributed by atoms with Crippen molar-refractivity contribution in [3.63, 3.8) is 0 Å². The molecular formula is C11H22N2O5S. The van der Waals surface area contributed by atoms with Crippen LogP contribution in [0.1, 0.15) is 19.3 Å². The molecule has 0 radical (unpaired) electrons. The van der Waals surface area contributed by atoms with Gasteiger partial charge in [0.2, 0.25) is 10.0 Å². The van der Waals surface area contributed by atoms with Crippen molar-refractivity contribution >= 4 is 16.0 Å². The van der Waals surface area contributed by atoms with Gasteiger partial charge in [0.15, 0.2) is 0 Å². The number of aliphatic carboxylic acids is 1. The van der Waals surface area contributed by atoms with Gasteiger partial charge in [-0.1, -0.05) is 0 Å². The number of hydrogen-bond donors (Lipinski definition) is 2. The third-order valence-corrected chi connectivity index (χ3v) is 5.19. The Kier molecular flexibility index (Phi) is 6.18. The van der Waals surface area contributed by atoms with Crippen LogP contribution in [0.15, 0.2) is 0 Å². The largest absolute Gasteiger partial charge is 0.480 e. The van der Waals surface area contributed by atoms with Crippen molar-refractivity contribution in [3.05, 3.63) is 0 Å². The van der Waals surface area contributed by atoms with Gasteiger partial charge in [-0.15, -0.1) is 0 Å². The van der Waals surface area contributed by atoms with Crippen molar-refractivity contribution in [2.75, 3.05) is 32.6 Å². The minimum Gasteiger partial charge on any atom is -0.480 e. The van der Waals surface area contributed by atoms with Gasteiger partial charge in [-0.05, 0) is 25.2 Å². The highest BCUT2D eigenvalue weighted by molar-refractivity contribution is 7.89. The third kappa shape index (κ3) is 5.43. The molecule has 112 valence electrons. The summed E-state index contributed by atoms with van der Waals surface area (Å²) >= 11 is 0. The number of ether oxygens (including phenoxy) is 1. The molecule has 0 aliphatic carbocycles. The van der Waals surface area contributed by atoms with Gasteiger partial charge >= 0.3 is 5.97 Å². The molecule has 0 aromatic heterocycles. The monoisotopic (exact) mass is 294 g/mol. The van der Waals surface area contributed by atoms with Crippen molar-refractivity contribution in [2.45, 2.75) is 25.3 Å². The van der Waals surface area contributed by atoms with Crippen molar-refractivity contribution in [3.8, 4) is 0 Å². The van der Waals surface area contributed by atoms with Crippen LogP contribution in [0, 0.1) is 5.92 Å². The quantitative estimate of drug-likeness (QED) is 0.653. The lowest BCUT2D eigenvalue weighted by molar-refractivity contribution is -0.138. The predicted octanol–water partition coefficient (Wildman–Crippen LogP) is -0.523. The Morgan fingerprint density at radius 1 is 1.47 bits per heavy atom. The number of sulfonamides is 1. The Labute approximate surface area is 113 Å². The molecule has 1 saturated heterocycles. The Morgan fingerprint density at radius 2 is 2.05 bits per heavy atom. The zero-order chi connectivity index (χ0) is 14.5. The van der Waals surface area contributed by atoms with Crippen LogP contribution in [-0.2, 0) is 19.6 Å².